The highest BCUT2D eigenvalue weighted by Crippen LogP contribution is 2.53. The van der Waals surface area contributed by atoms with E-state index in [0.717, 1.165) is 21.8 Å². The van der Waals surface area contributed by atoms with Gasteiger partial charge in [-0.05, 0) is 124 Å². The molecule has 0 aliphatic heterocycles. The zero-order valence-electron chi connectivity index (χ0n) is 36.4. The van der Waals surface area contributed by atoms with E-state index < -0.39 is 0 Å². The maximum absolute atomic E-state index is 5.16. The highest BCUT2D eigenvalue weighted by molar-refractivity contribution is 6.22. The summed E-state index contributed by atoms with van der Waals surface area (Å²) in [7, 11) is 0. The molecule has 0 N–H and O–H groups in total. The Bertz CT molecular complexity index is 3410. The number of benzene rings is 9. The van der Waals surface area contributed by atoms with Crippen molar-refractivity contribution in [3.05, 3.63) is 217 Å². The minimum Gasteiger partial charge on any atom is -0.256 e. The molecule has 0 spiro atoms. The number of rotatable bonds is 4. The van der Waals surface area contributed by atoms with Crippen LogP contribution in [0.2, 0.25) is 0 Å². The molecule has 13 rings (SSSR count). The summed E-state index contributed by atoms with van der Waals surface area (Å²) < 4.78 is 0. The molecule has 0 amide bonds. The molecule has 2 aromatic heterocycles. The first-order chi connectivity index (χ1) is 31.3. The molecule has 2 nitrogen and oxygen atoms in total. The van der Waals surface area contributed by atoms with Crippen LogP contribution in [0.3, 0.4) is 0 Å². The van der Waals surface area contributed by atoms with Crippen LogP contribution in [-0.4, -0.2) is 9.97 Å². The van der Waals surface area contributed by atoms with Crippen LogP contribution in [0.25, 0.3) is 110 Å². The predicted molar refractivity (Wildman–Crippen MR) is 269 cm³/mol. The van der Waals surface area contributed by atoms with Crippen molar-refractivity contribution in [3.63, 3.8) is 0 Å². The molecule has 0 bridgehead atoms. The lowest BCUT2D eigenvalue weighted by Crippen LogP contribution is -2.14. The van der Waals surface area contributed by atoms with Gasteiger partial charge >= 0.3 is 0 Å². The minimum atomic E-state index is -0.0955. The maximum Gasteiger partial charge on any atom is 0.0792 e. The van der Waals surface area contributed by atoms with Crippen LogP contribution in [-0.2, 0) is 10.8 Å². The van der Waals surface area contributed by atoms with Gasteiger partial charge in [0.2, 0.25) is 0 Å². The predicted octanol–water partition coefficient (Wildman–Crippen LogP) is 16.4. The lowest BCUT2D eigenvalue weighted by atomic mass is 9.80. The Balaban J connectivity index is 0.967. The lowest BCUT2D eigenvalue weighted by molar-refractivity contribution is 0.660. The van der Waals surface area contributed by atoms with Gasteiger partial charge in [-0.1, -0.05) is 185 Å². The van der Waals surface area contributed by atoms with E-state index in [2.05, 4.69) is 210 Å². The Morgan fingerprint density at radius 3 is 1.03 bits per heavy atom. The molecular weight excluding hydrogens is 773 g/mol. The summed E-state index contributed by atoms with van der Waals surface area (Å²) in [4.78, 5) is 10.3. The third kappa shape index (κ3) is 5.08. The molecular formula is C62H44N2. The molecule has 0 saturated carbocycles. The van der Waals surface area contributed by atoms with Crippen LogP contribution >= 0.6 is 0 Å². The van der Waals surface area contributed by atoms with Crippen molar-refractivity contribution in [1.82, 2.24) is 9.97 Å². The Hall–Kier alpha value is -7.68. The van der Waals surface area contributed by atoms with Gasteiger partial charge in [0.1, 0.15) is 0 Å². The van der Waals surface area contributed by atoms with Crippen molar-refractivity contribution in [2.45, 2.75) is 38.5 Å². The van der Waals surface area contributed by atoms with E-state index in [4.69, 9.17) is 9.97 Å². The van der Waals surface area contributed by atoms with Crippen molar-refractivity contribution in [2.75, 3.05) is 0 Å². The summed E-state index contributed by atoms with van der Waals surface area (Å²) in [6, 6.07) is 67.5. The molecule has 2 aliphatic carbocycles. The molecule has 9 aromatic carbocycles. The normalized spacial score (nSPS) is 14.2. The van der Waals surface area contributed by atoms with Crippen LogP contribution in [0.15, 0.2) is 194 Å². The number of aromatic nitrogens is 2. The largest absolute Gasteiger partial charge is 0.256 e. The van der Waals surface area contributed by atoms with E-state index in [1.807, 2.05) is 12.4 Å². The molecule has 11 aromatic rings. The summed E-state index contributed by atoms with van der Waals surface area (Å²) in [6.07, 6.45) is 3.88. The first kappa shape index (κ1) is 36.9. The molecule has 2 heteroatoms. The fraction of sp³-hybridized carbons (Fsp3) is 0.0968. The van der Waals surface area contributed by atoms with Crippen molar-refractivity contribution in [2.24, 2.45) is 0 Å². The first-order valence-corrected chi connectivity index (χ1v) is 22.5. The average Bonchev–Trinajstić information content (AvgIpc) is 3.71. The standard InChI is InChI=1S/C62H44N2/c1-61(2)51-23-11-9-15-41(51)43-31-29-39(35-53(43)61)57-47-19-7-5-17-45(47)55(49-21-13-33-63-59(49)57)37-25-27-38(28-26-37)56-46-18-6-8-20-48(46)58(60-50(56)22-14-34-64-60)40-30-32-44-42-16-10-12-24-52(42)62(3,4)54(44)36-40/h5-36H,1-4H3. The van der Waals surface area contributed by atoms with Gasteiger partial charge in [-0.3, -0.25) is 9.97 Å². The summed E-state index contributed by atoms with van der Waals surface area (Å²) >= 11 is 0. The van der Waals surface area contributed by atoms with E-state index >= 15 is 0 Å². The summed E-state index contributed by atoms with van der Waals surface area (Å²) in [5, 5.41) is 7.16. The fourth-order valence-electron chi connectivity index (χ4n) is 11.7. The van der Waals surface area contributed by atoms with E-state index in [1.54, 1.807) is 0 Å². The molecule has 302 valence electrons. The van der Waals surface area contributed by atoms with Crippen molar-refractivity contribution in [3.8, 4) is 66.8 Å². The topological polar surface area (TPSA) is 25.8 Å². The van der Waals surface area contributed by atoms with Gasteiger partial charge in [-0.2, -0.15) is 0 Å². The van der Waals surface area contributed by atoms with Gasteiger partial charge in [0.15, 0.2) is 0 Å². The Labute approximate surface area is 373 Å². The third-order valence-corrected chi connectivity index (χ3v) is 14.8. The second kappa shape index (κ2) is 13.4. The molecule has 0 atom stereocenters. The summed E-state index contributed by atoms with van der Waals surface area (Å²) in [6.45, 7) is 9.42. The zero-order chi connectivity index (χ0) is 42.9. The van der Waals surface area contributed by atoms with Gasteiger partial charge in [-0.25, -0.2) is 0 Å². The highest BCUT2D eigenvalue weighted by atomic mass is 14.7. The first-order valence-electron chi connectivity index (χ1n) is 22.5. The van der Waals surface area contributed by atoms with Crippen LogP contribution < -0.4 is 0 Å². The maximum atomic E-state index is 5.16. The molecule has 64 heavy (non-hydrogen) atoms. The number of fused-ring (bicyclic) bond motifs is 10. The van der Waals surface area contributed by atoms with Gasteiger partial charge in [0.05, 0.1) is 11.0 Å². The summed E-state index contributed by atoms with van der Waals surface area (Å²) in [5.74, 6) is 0. The van der Waals surface area contributed by atoms with E-state index in [1.165, 1.54) is 111 Å². The van der Waals surface area contributed by atoms with Crippen LogP contribution in [0.5, 0.6) is 0 Å². The van der Waals surface area contributed by atoms with E-state index in [0.29, 0.717) is 0 Å². The average molecular weight is 817 g/mol. The number of nitrogens with zero attached hydrogens (tertiary/aromatic N) is 2. The van der Waals surface area contributed by atoms with Crippen LogP contribution in [0.1, 0.15) is 49.9 Å². The van der Waals surface area contributed by atoms with Crippen molar-refractivity contribution < 1.29 is 0 Å². The number of pyridine rings is 2. The third-order valence-electron chi connectivity index (χ3n) is 14.8. The van der Waals surface area contributed by atoms with Crippen LogP contribution in [0.4, 0.5) is 0 Å². The quantitative estimate of drug-likeness (QED) is 0.165. The molecule has 0 fully saturated rings. The minimum absolute atomic E-state index is 0.0955. The number of hydrogen-bond donors (Lipinski definition) is 0. The molecule has 0 saturated heterocycles. The SMILES string of the molecule is CC1(C)c2ccccc2-c2ccc(-c3c4ccccc4c(-c4ccc(-c5c6ccccc6c(-c6ccc7c(c6)C(C)(C)c6ccccc6-7)c6ncccc56)cc4)c4cccnc34)cc21. The van der Waals surface area contributed by atoms with Gasteiger partial charge in [0, 0.05) is 45.1 Å². The number of hydrogen-bond acceptors (Lipinski definition) is 2. The second-order valence-corrected chi connectivity index (χ2v) is 18.8. The zero-order valence-corrected chi connectivity index (χ0v) is 36.4. The lowest BCUT2D eigenvalue weighted by Gasteiger charge is -2.23. The van der Waals surface area contributed by atoms with E-state index in [-0.39, 0.29) is 10.8 Å². The van der Waals surface area contributed by atoms with Crippen molar-refractivity contribution in [1.29, 1.82) is 0 Å². The van der Waals surface area contributed by atoms with E-state index in [9.17, 15) is 0 Å². The monoisotopic (exact) mass is 816 g/mol. The van der Waals surface area contributed by atoms with Gasteiger partial charge in [0.25, 0.3) is 0 Å². The van der Waals surface area contributed by atoms with Crippen molar-refractivity contribution >= 4 is 43.4 Å². The fourth-order valence-corrected chi connectivity index (χ4v) is 11.7. The van der Waals surface area contributed by atoms with Crippen LogP contribution in [0, 0.1) is 0 Å². The van der Waals surface area contributed by atoms with Gasteiger partial charge in [-0.15, -0.1) is 0 Å². The van der Waals surface area contributed by atoms with Gasteiger partial charge < -0.3 is 0 Å². The Morgan fingerprint density at radius 2 is 0.609 bits per heavy atom. The summed E-state index contributed by atoms with van der Waals surface area (Å²) in [5.41, 5.74) is 22.2. The molecule has 0 radical (unpaired) electrons. The molecule has 2 aliphatic rings. The molecule has 2 heterocycles. The second-order valence-electron chi connectivity index (χ2n) is 18.8. The highest BCUT2D eigenvalue weighted by Gasteiger charge is 2.37. The Morgan fingerprint density at radius 1 is 0.281 bits per heavy atom. The Kier molecular flexibility index (Phi) is 7.74. The molecule has 0 unspecified atom stereocenters. The smallest absolute Gasteiger partial charge is 0.0792 e.